The lowest BCUT2D eigenvalue weighted by Crippen LogP contribution is -2.51. The summed E-state index contributed by atoms with van der Waals surface area (Å²) in [5.41, 5.74) is 0.479. The molecule has 6 nitrogen and oxygen atoms in total. The lowest BCUT2D eigenvalue weighted by atomic mass is 9.83. The average Bonchev–Trinajstić information content (AvgIpc) is 2.77. The van der Waals surface area contributed by atoms with Gasteiger partial charge in [0.25, 0.3) is 11.5 Å². The number of hydrogen-bond donors (Lipinski definition) is 1. The molecule has 1 aromatic carbocycles. The number of pyridine rings is 1. The molecule has 2 saturated heterocycles. The van der Waals surface area contributed by atoms with Crippen LogP contribution in [0.2, 0.25) is 0 Å². The fraction of sp³-hybridized carbons (Fsp3) is 0.565. The highest BCUT2D eigenvalue weighted by atomic mass is 16.5. The van der Waals surface area contributed by atoms with Gasteiger partial charge in [-0.25, -0.2) is 0 Å². The Hall–Kier alpha value is -2.18. The number of ether oxygens (including phenoxy) is 1. The van der Waals surface area contributed by atoms with E-state index in [1.807, 2.05) is 18.2 Å². The lowest BCUT2D eigenvalue weighted by Gasteiger charge is -2.44. The largest absolute Gasteiger partial charge is 0.383 e. The van der Waals surface area contributed by atoms with Crippen LogP contribution in [0.4, 0.5) is 0 Å². The fourth-order valence-electron chi connectivity index (χ4n) is 5.01. The number of benzene rings is 1. The molecule has 3 heterocycles. The Bertz CT molecular complexity index is 921. The van der Waals surface area contributed by atoms with Crippen LogP contribution in [0.1, 0.15) is 42.5 Å². The molecule has 2 fully saturated rings. The van der Waals surface area contributed by atoms with Crippen molar-refractivity contribution < 1.29 is 9.53 Å². The zero-order valence-electron chi connectivity index (χ0n) is 17.2. The van der Waals surface area contributed by atoms with E-state index in [4.69, 9.17) is 4.74 Å². The number of nitrogens with zero attached hydrogens (tertiary/aromatic N) is 2. The monoisotopic (exact) mass is 397 g/mol. The van der Waals surface area contributed by atoms with Gasteiger partial charge in [0.2, 0.25) is 0 Å². The fourth-order valence-corrected chi connectivity index (χ4v) is 5.01. The van der Waals surface area contributed by atoms with Crippen LogP contribution in [0.3, 0.4) is 0 Å². The standard InChI is InChI=1S/C23H31N3O3/c1-29-14-13-26-16-20(18-8-2-3-9-19(18)23(26)28)22(27)24-15-17-7-6-12-25-11-5-4-10-21(17)25/h2-3,8-9,16-17,21H,4-7,10-15H2,1H3,(H,24,27)/t17-,21+/m0/s1. The number of rotatable bonds is 6. The van der Waals surface area contributed by atoms with E-state index in [1.54, 1.807) is 23.9 Å². The summed E-state index contributed by atoms with van der Waals surface area (Å²) >= 11 is 0. The predicted molar refractivity (Wildman–Crippen MR) is 114 cm³/mol. The topological polar surface area (TPSA) is 63.6 Å². The highest BCUT2D eigenvalue weighted by Gasteiger charge is 2.33. The van der Waals surface area contributed by atoms with Gasteiger partial charge >= 0.3 is 0 Å². The second-order valence-corrected chi connectivity index (χ2v) is 8.29. The summed E-state index contributed by atoms with van der Waals surface area (Å²) in [4.78, 5) is 28.5. The summed E-state index contributed by atoms with van der Waals surface area (Å²) in [6.45, 7) is 3.96. The Balaban J connectivity index is 1.55. The van der Waals surface area contributed by atoms with Crippen molar-refractivity contribution in [1.29, 1.82) is 0 Å². The Morgan fingerprint density at radius 1 is 1.14 bits per heavy atom. The number of piperidine rings is 2. The first-order valence-electron chi connectivity index (χ1n) is 10.8. The van der Waals surface area contributed by atoms with Crippen LogP contribution in [0.25, 0.3) is 10.8 Å². The Morgan fingerprint density at radius 2 is 1.93 bits per heavy atom. The molecule has 2 aliphatic heterocycles. The number of aromatic nitrogens is 1. The van der Waals surface area contributed by atoms with E-state index in [1.165, 1.54) is 45.2 Å². The average molecular weight is 398 g/mol. The summed E-state index contributed by atoms with van der Waals surface area (Å²) in [5.74, 6) is 0.416. The van der Waals surface area contributed by atoms with Crippen molar-refractivity contribution in [2.24, 2.45) is 5.92 Å². The van der Waals surface area contributed by atoms with Gasteiger partial charge in [0.15, 0.2) is 0 Å². The van der Waals surface area contributed by atoms with E-state index < -0.39 is 0 Å². The number of hydrogen-bond acceptors (Lipinski definition) is 4. The minimum absolute atomic E-state index is 0.0840. The predicted octanol–water partition coefficient (Wildman–Crippen LogP) is 2.64. The van der Waals surface area contributed by atoms with E-state index in [0.29, 0.717) is 48.0 Å². The first-order valence-corrected chi connectivity index (χ1v) is 10.8. The first-order chi connectivity index (χ1) is 14.2. The molecular weight excluding hydrogens is 366 g/mol. The molecule has 29 heavy (non-hydrogen) atoms. The molecule has 0 unspecified atom stereocenters. The molecule has 2 aromatic rings. The maximum Gasteiger partial charge on any atom is 0.258 e. The van der Waals surface area contributed by atoms with Crippen molar-refractivity contribution in [1.82, 2.24) is 14.8 Å². The van der Waals surface area contributed by atoms with Crippen LogP contribution in [0, 0.1) is 5.92 Å². The molecule has 156 valence electrons. The van der Waals surface area contributed by atoms with Crippen LogP contribution in [0.15, 0.2) is 35.3 Å². The molecule has 0 bridgehead atoms. The van der Waals surface area contributed by atoms with Gasteiger partial charge < -0.3 is 19.5 Å². The number of amides is 1. The molecule has 0 aliphatic carbocycles. The maximum absolute atomic E-state index is 13.1. The number of carbonyl (C=O) groups is 1. The highest BCUT2D eigenvalue weighted by molar-refractivity contribution is 6.06. The van der Waals surface area contributed by atoms with Gasteiger partial charge in [-0.1, -0.05) is 24.6 Å². The third kappa shape index (κ3) is 4.23. The maximum atomic E-state index is 13.1. The molecule has 6 heteroatoms. The van der Waals surface area contributed by atoms with Gasteiger partial charge in [-0.15, -0.1) is 0 Å². The van der Waals surface area contributed by atoms with Crippen molar-refractivity contribution in [2.45, 2.75) is 44.7 Å². The van der Waals surface area contributed by atoms with E-state index in [-0.39, 0.29) is 11.5 Å². The van der Waals surface area contributed by atoms with Gasteiger partial charge in [0.1, 0.15) is 0 Å². The van der Waals surface area contributed by atoms with Gasteiger partial charge in [-0.05, 0) is 50.8 Å². The van der Waals surface area contributed by atoms with Gasteiger partial charge in [0, 0.05) is 43.2 Å². The lowest BCUT2D eigenvalue weighted by molar-refractivity contribution is 0.0576. The van der Waals surface area contributed by atoms with Gasteiger partial charge in [-0.2, -0.15) is 0 Å². The quantitative estimate of drug-likeness (QED) is 0.814. The summed E-state index contributed by atoms with van der Waals surface area (Å²) in [6.07, 6.45) is 7.90. The van der Waals surface area contributed by atoms with Crippen LogP contribution >= 0.6 is 0 Å². The Kier molecular flexibility index (Phi) is 6.31. The molecule has 2 atom stereocenters. The Morgan fingerprint density at radius 3 is 2.76 bits per heavy atom. The first kappa shape index (κ1) is 20.1. The van der Waals surface area contributed by atoms with E-state index in [9.17, 15) is 9.59 Å². The molecule has 1 aromatic heterocycles. The van der Waals surface area contributed by atoms with Crippen molar-refractivity contribution in [3.05, 3.63) is 46.4 Å². The van der Waals surface area contributed by atoms with Crippen LogP contribution in [-0.4, -0.2) is 54.8 Å². The van der Waals surface area contributed by atoms with Gasteiger partial charge in [0.05, 0.1) is 12.2 Å². The minimum atomic E-state index is -0.0969. The Labute approximate surface area is 171 Å². The normalized spacial score (nSPS) is 22.4. The van der Waals surface area contributed by atoms with Crippen molar-refractivity contribution in [3.8, 4) is 0 Å². The van der Waals surface area contributed by atoms with E-state index >= 15 is 0 Å². The molecule has 1 amide bonds. The second-order valence-electron chi connectivity index (χ2n) is 8.29. The molecular formula is C23H31N3O3. The number of carbonyl (C=O) groups excluding carboxylic acids is 1. The van der Waals surface area contributed by atoms with E-state index in [0.717, 1.165) is 0 Å². The van der Waals surface area contributed by atoms with Crippen LogP contribution in [0.5, 0.6) is 0 Å². The van der Waals surface area contributed by atoms with Crippen molar-refractivity contribution in [3.63, 3.8) is 0 Å². The molecule has 0 radical (unpaired) electrons. The number of nitrogens with one attached hydrogen (secondary N) is 1. The molecule has 2 aliphatic rings. The van der Waals surface area contributed by atoms with E-state index in [2.05, 4.69) is 10.2 Å². The summed E-state index contributed by atoms with van der Waals surface area (Å²) in [7, 11) is 1.61. The van der Waals surface area contributed by atoms with Crippen molar-refractivity contribution >= 4 is 16.7 Å². The highest BCUT2D eigenvalue weighted by Crippen LogP contribution is 2.30. The zero-order valence-corrected chi connectivity index (χ0v) is 17.2. The van der Waals surface area contributed by atoms with Crippen molar-refractivity contribution in [2.75, 3.05) is 33.4 Å². The van der Waals surface area contributed by atoms with Crippen LogP contribution < -0.4 is 10.9 Å². The minimum Gasteiger partial charge on any atom is -0.383 e. The molecule has 1 N–H and O–H groups in total. The number of fused-ring (bicyclic) bond motifs is 2. The third-order valence-electron chi connectivity index (χ3n) is 6.53. The summed E-state index contributed by atoms with van der Waals surface area (Å²) in [5, 5.41) is 4.48. The molecule has 0 spiro atoms. The smallest absolute Gasteiger partial charge is 0.258 e. The van der Waals surface area contributed by atoms with Gasteiger partial charge in [-0.3, -0.25) is 9.59 Å². The molecule has 4 rings (SSSR count). The SMILES string of the molecule is COCCn1cc(C(=O)NC[C@@H]2CCCN3CCCC[C@H]23)c2ccccc2c1=O. The molecule has 0 saturated carbocycles. The number of methoxy groups -OCH3 is 1. The summed E-state index contributed by atoms with van der Waals surface area (Å²) < 4.78 is 6.71. The second kappa shape index (κ2) is 9.09. The summed E-state index contributed by atoms with van der Waals surface area (Å²) in [6, 6.07) is 7.96. The van der Waals surface area contributed by atoms with Crippen LogP contribution in [-0.2, 0) is 11.3 Å². The zero-order chi connectivity index (χ0) is 20.2. The third-order valence-corrected chi connectivity index (χ3v) is 6.53.